The first-order valence-corrected chi connectivity index (χ1v) is 8.62. The standard InChI is InChI=1S/C17H23BrN2O3/c1-12(15(21)22)10-20(2)16(23)19-11-17(8-5-9-17)13-6-3-4-7-14(13)18/h3-4,6-7,12H,5,8-11H2,1-2H3,(H,19,23)(H,21,22). The van der Waals surface area contributed by atoms with Crippen molar-refractivity contribution in [3.63, 3.8) is 0 Å². The number of amides is 2. The number of hydrogen-bond donors (Lipinski definition) is 2. The fourth-order valence-corrected chi connectivity index (χ4v) is 3.69. The fourth-order valence-electron chi connectivity index (χ4n) is 2.99. The van der Waals surface area contributed by atoms with E-state index in [9.17, 15) is 9.59 Å². The quantitative estimate of drug-likeness (QED) is 0.793. The summed E-state index contributed by atoms with van der Waals surface area (Å²) in [6.45, 7) is 2.37. The molecule has 1 aliphatic carbocycles. The highest BCUT2D eigenvalue weighted by Crippen LogP contribution is 2.45. The highest BCUT2D eigenvalue weighted by Gasteiger charge is 2.40. The molecule has 1 unspecified atom stereocenters. The van der Waals surface area contributed by atoms with Crippen LogP contribution in [0.15, 0.2) is 28.7 Å². The molecular weight excluding hydrogens is 360 g/mol. The molecule has 0 bridgehead atoms. The van der Waals surface area contributed by atoms with Gasteiger partial charge in [0.1, 0.15) is 0 Å². The molecule has 6 heteroatoms. The third kappa shape index (κ3) is 4.05. The number of benzene rings is 1. The van der Waals surface area contributed by atoms with Gasteiger partial charge in [0.2, 0.25) is 0 Å². The molecule has 1 fully saturated rings. The maximum Gasteiger partial charge on any atom is 0.317 e. The van der Waals surface area contributed by atoms with E-state index in [4.69, 9.17) is 5.11 Å². The number of carbonyl (C=O) groups excluding carboxylic acids is 1. The number of carboxylic acids is 1. The lowest BCUT2D eigenvalue weighted by Crippen LogP contribution is -2.49. The first-order valence-electron chi connectivity index (χ1n) is 7.82. The summed E-state index contributed by atoms with van der Waals surface area (Å²) in [5.41, 5.74) is 1.21. The van der Waals surface area contributed by atoms with Crippen molar-refractivity contribution >= 4 is 27.9 Å². The number of nitrogens with zero attached hydrogens (tertiary/aromatic N) is 1. The lowest BCUT2D eigenvalue weighted by molar-refractivity contribution is -0.141. The average Bonchev–Trinajstić information content (AvgIpc) is 2.47. The third-order valence-electron chi connectivity index (χ3n) is 4.65. The summed E-state index contributed by atoms with van der Waals surface area (Å²) in [4.78, 5) is 24.5. The number of carbonyl (C=O) groups is 2. The number of halogens is 1. The van der Waals surface area contributed by atoms with Gasteiger partial charge >= 0.3 is 12.0 Å². The zero-order valence-corrected chi connectivity index (χ0v) is 15.1. The lowest BCUT2D eigenvalue weighted by atomic mass is 9.64. The van der Waals surface area contributed by atoms with E-state index in [1.165, 1.54) is 10.5 Å². The van der Waals surface area contributed by atoms with Gasteiger partial charge in [-0.25, -0.2) is 4.79 Å². The molecule has 126 valence electrons. The van der Waals surface area contributed by atoms with Crippen molar-refractivity contribution in [1.82, 2.24) is 10.2 Å². The van der Waals surface area contributed by atoms with Crippen molar-refractivity contribution in [1.29, 1.82) is 0 Å². The first kappa shape index (κ1) is 17.8. The van der Waals surface area contributed by atoms with Gasteiger partial charge in [0.15, 0.2) is 0 Å². The van der Waals surface area contributed by atoms with Crippen molar-refractivity contribution < 1.29 is 14.7 Å². The normalized spacial score (nSPS) is 17.0. The van der Waals surface area contributed by atoms with Crippen LogP contribution in [-0.4, -0.2) is 42.1 Å². The van der Waals surface area contributed by atoms with Crippen molar-refractivity contribution in [2.24, 2.45) is 5.92 Å². The molecule has 0 spiro atoms. The van der Waals surface area contributed by atoms with E-state index < -0.39 is 11.9 Å². The SMILES string of the molecule is CC(CN(C)C(=O)NCC1(c2ccccc2Br)CCC1)C(=O)O. The van der Waals surface area contributed by atoms with E-state index in [0.717, 1.165) is 23.7 Å². The maximum absolute atomic E-state index is 12.2. The van der Waals surface area contributed by atoms with Crippen LogP contribution in [0.1, 0.15) is 31.7 Å². The second kappa shape index (κ2) is 7.34. The second-order valence-electron chi connectivity index (χ2n) is 6.39. The molecule has 0 heterocycles. The van der Waals surface area contributed by atoms with Gasteiger partial charge in [0, 0.05) is 30.0 Å². The lowest BCUT2D eigenvalue weighted by Gasteiger charge is -2.43. The van der Waals surface area contributed by atoms with Crippen LogP contribution in [0.3, 0.4) is 0 Å². The van der Waals surface area contributed by atoms with Crippen LogP contribution in [0.5, 0.6) is 0 Å². The summed E-state index contributed by atoms with van der Waals surface area (Å²) in [6.07, 6.45) is 3.25. The minimum Gasteiger partial charge on any atom is -0.481 e. The molecule has 1 saturated carbocycles. The first-order chi connectivity index (χ1) is 10.9. The Kier molecular flexibility index (Phi) is 5.68. The van der Waals surface area contributed by atoms with Crippen LogP contribution in [-0.2, 0) is 10.2 Å². The van der Waals surface area contributed by atoms with Gasteiger partial charge in [-0.05, 0) is 24.5 Å². The Morgan fingerprint density at radius 1 is 1.39 bits per heavy atom. The number of rotatable bonds is 6. The molecule has 1 atom stereocenters. The predicted molar refractivity (Wildman–Crippen MR) is 92.5 cm³/mol. The number of aliphatic carboxylic acids is 1. The Morgan fingerprint density at radius 3 is 2.57 bits per heavy atom. The summed E-state index contributed by atoms with van der Waals surface area (Å²) in [6, 6.07) is 7.91. The van der Waals surface area contributed by atoms with Crippen molar-refractivity contribution in [3.8, 4) is 0 Å². The van der Waals surface area contributed by atoms with E-state index in [0.29, 0.717) is 6.54 Å². The Labute approximate surface area is 145 Å². The largest absolute Gasteiger partial charge is 0.481 e. The van der Waals surface area contributed by atoms with Gasteiger partial charge in [0.25, 0.3) is 0 Å². The molecule has 1 aliphatic rings. The van der Waals surface area contributed by atoms with Crippen LogP contribution in [0.2, 0.25) is 0 Å². The predicted octanol–water partition coefficient (Wildman–Crippen LogP) is 3.23. The number of nitrogens with one attached hydrogen (secondary N) is 1. The van der Waals surface area contributed by atoms with Crippen LogP contribution >= 0.6 is 15.9 Å². The van der Waals surface area contributed by atoms with Crippen LogP contribution < -0.4 is 5.32 Å². The molecule has 0 saturated heterocycles. The third-order valence-corrected chi connectivity index (χ3v) is 5.34. The second-order valence-corrected chi connectivity index (χ2v) is 7.25. The molecule has 0 radical (unpaired) electrons. The van der Waals surface area contributed by atoms with Gasteiger partial charge in [-0.15, -0.1) is 0 Å². The van der Waals surface area contributed by atoms with Crippen LogP contribution in [0.25, 0.3) is 0 Å². The highest BCUT2D eigenvalue weighted by atomic mass is 79.9. The topological polar surface area (TPSA) is 69.6 Å². The van der Waals surface area contributed by atoms with E-state index >= 15 is 0 Å². The summed E-state index contributed by atoms with van der Waals surface area (Å²) >= 11 is 3.60. The van der Waals surface area contributed by atoms with Gasteiger partial charge in [-0.3, -0.25) is 4.79 Å². The molecule has 2 amide bonds. The Balaban J connectivity index is 1.97. The summed E-state index contributed by atoms with van der Waals surface area (Å²) in [5, 5.41) is 11.9. The average molecular weight is 383 g/mol. The molecular formula is C17H23BrN2O3. The fraction of sp³-hybridized carbons (Fsp3) is 0.529. The van der Waals surface area contributed by atoms with Crippen LogP contribution in [0.4, 0.5) is 4.79 Å². The maximum atomic E-state index is 12.2. The van der Waals surface area contributed by atoms with E-state index in [2.05, 4.69) is 27.3 Å². The summed E-state index contributed by atoms with van der Waals surface area (Å²) in [5.74, 6) is -1.47. The van der Waals surface area contributed by atoms with E-state index in [1.807, 2.05) is 18.2 Å². The number of carboxylic acid groups (broad SMARTS) is 1. The van der Waals surface area contributed by atoms with Crippen LogP contribution in [0, 0.1) is 5.92 Å². The molecule has 5 nitrogen and oxygen atoms in total. The van der Waals surface area contributed by atoms with Crippen molar-refractivity contribution in [2.75, 3.05) is 20.1 Å². The highest BCUT2D eigenvalue weighted by molar-refractivity contribution is 9.10. The molecule has 0 aliphatic heterocycles. The zero-order valence-electron chi connectivity index (χ0n) is 13.5. The molecule has 0 aromatic heterocycles. The summed E-state index contributed by atoms with van der Waals surface area (Å²) in [7, 11) is 1.63. The smallest absolute Gasteiger partial charge is 0.317 e. The van der Waals surface area contributed by atoms with Crippen molar-refractivity contribution in [3.05, 3.63) is 34.3 Å². The number of hydrogen-bond acceptors (Lipinski definition) is 2. The Hall–Kier alpha value is -1.56. The Morgan fingerprint density at radius 2 is 2.04 bits per heavy atom. The molecule has 1 aromatic rings. The van der Waals surface area contributed by atoms with E-state index in [1.54, 1.807) is 14.0 Å². The monoisotopic (exact) mass is 382 g/mol. The molecule has 2 N–H and O–H groups in total. The van der Waals surface area contributed by atoms with Gasteiger partial charge in [-0.2, -0.15) is 0 Å². The van der Waals surface area contributed by atoms with E-state index in [-0.39, 0.29) is 18.0 Å². The minimum absolute atomic E-state index is 0.0188. The zero-order chi connectivity index (χ0) is 17.0. The van der Waals surface area contributed by atoms with Crippen molar-refractivity contribution in [2.45, 2.75) is 31.6 Å². The Bertz CT molecular complexity index is 587. The van der Waals surface area contributed by atoms with Gasteiger partial charge < -0.3 is 15.3 Å². The molecule has 23 heavy (non-hydrogen) atoms. The summed E-state index contributed by atoms with van der Waals surface area (Å²) < 4.78 is 1.07. The number of urea groups is 1. The molecule has 1 aromatic carbocycles. The minimum atomic E-state index is -0.895. The molecule has 2 rings (SSSR count). The van der Waals surface area contributed by atoms with Gasteiger partial charge in [-0.1, -0.05) is 47.5 Å². The van der Waals surface area contributed by atoms with Gasteiger partial charge in [0.05, 0.1) is 5.92 Å².